The summed E-state index contributed by atoms with van der Waals surface area (Å²) in [5, 5.41) is 2.60. The monoisotopic (exact) mass is 574 g/mol. The molecule has 0 radical (unpaired) electrons. The predicted octanol–water partition coefficient (Wildman–Crippen LogP) is 11.5. The lowest BCUT2D eigenvalue weighted by Crippen LogP contribution is -2.61. The average Bonchev–Trinajstić information content (AvgIpc) is 3.04. The highest BCUT2D eigenvalue weighted by Crippen LogP contribution is 2.69. The Morgan fingerprint density at radius 1 is 0.524 bits per heavy atom. The fourth-order valence-corrected chi connectivity index (χ4v) is 13.7. The minimum Gasteiger partial charge on any atom is -0.143 e. The Labute approximate surface area is 259 Å². The van der Waals surface area contributed by atoms with E-state index in [2.05, 4.69) is 61.5 Å². The van der Waals surface area contributed by atoms with Crippen LogP contribution in [0.3, 0.4) is 0 Å². The van der Waals surface area contributed by atoms with Gasteiger partial charge in [-0.1, -0.05) is 68.1 Å². The maximum Gasteiger partial charge on any atom is 0.0125 e. The zero-order chi connectivity index (χ0) is 27.9. The summed E-state index contributed by atoms with van der Waals surface area (Å²) in [5.74, 6) is 11.4. The average molecular weight is 575 g/mol. The second-order valence-electron chi connectivity index (χ2n) is 15.9. The first kappa shape index (κ1) is 26.7. The second kappa shape index (κ2) is 10.4. The molecule has 11 unspecified atom stereocenters. The summed E-state index contributed by atoms with van der Waals surface area (Å²) in [7, 11) is 0. The van der Waals surface area contributed by atoms with E-state index in [0.29, 0.717) is 0 Å². The van der Waals surface area contributed by atoms with Crippen LogP contribution in [0.2, 0.25) is 0 Å². The van der Waals surface area contributed by atoms with Crippen LogP contribution in [0, 0.1) is 66.1 Å². The van der Waals surface area contributed by atoms with Gasteiger partial charge < -0.3 is 0 Å². The molecule has 0 nitrogen and oxygen atoms in total. The van der Waals surface area contributed by atoms with Crippen molar-refractivity contribution in [1.29, 1.82) is 0 Å². The first-order valence-corrected chi connectivity index (χ1v) is 18.4. The van der Waals surface area contributed by atoms with Gasteiger partial charge in [0.1, 0.15) is 0 Å². The van der Waals surface area contributed by atoms with E-state index in [9.17, 15) is 0 Å². The Morgan fingerprint density at radius 3 is 1.76 bits per heavy atom. The molecule has 6 saturated carbocycles. The molecule has 9 rings (SSSR count). The van der Waals surface area contributed by atoms with Gasteiger partial charge in [-0.15, -0.1) is 12.6 Å². The summed E-state index contributed by atoms with van der Waals surface area (Å²) in [6.07, 6.45) is 20.0. The molecule has 0 amide bonds. The number of rotatable bonds is 2. The third-order valence-electron chi connectivity index (χ3n) is 14.6. The molecular weight excluding hydrogens is 525 g/mol. The first-order valence-electron chi connectivity index (χ1n) is 18.0. The summed E-state index contributed by atoms with van der Waals surface area (Å²) in [4.78, 5) is 1.11. The summed E-state index contributed by atoms with van der Waals surface area (Å²) < 4.78 is 0. The minimum absolute atomic E-state index is 0.734. The van der Waals surface area contributed by atoms with Crippen LogP contribution >= 0.6 is 12.6 Å². The van der Waals surface area contributed by atoms with Crippen LogP contribution in [0.1, 0.15) is 101 Å². The summed E-state index contributed by atoms with van der Waals surface area (Å²) in [5.41, 5.74) is 5.87. The summed E-state index contributed by atoms with van der Waals surface area (Å²) >= 11 is 5.00. The van der Waals surface area contributed by atoms with Crippen molar-refractivity contribution >= 4 is 23.4 Å². The quantitative estimate of drug-likeness (QED) is 0.289. The third kappa shape index (κ3) is 4.00. The van der Waals surface area contributed by atoms with E-state index < -0.39 is 0 Å². The molecule has 0 bridgehead atoms. The molecule has 1 heteroatoms. The molecule has 6 aliphatic rings. The lowest BCUT2D eigenvalue weighted by molar-refractivity contribution is -0.188. The van der Waals surface area contributed by atoms with Gasteiger partial charge in [0, 0.05) is 4.90 Å². The maximum absolute atomic E-state index is 5.00. The first-order chi connectivity index (χ1) is 20.7. The van der Waals surface area contributed by atoms with Crippen molar-refractivity contribution in [3.63, 3.8) is 0 Å². The minimum atomic E-state index is 0.734. The maximum atomic E-state index is 5.00. The van der Waals surface area contributed by atoms with Crippen LogP contribution < -0.4 is 0 Å². The molecule has 0 aliphatic heterocycles. The molecule has 0 heterocycles. The van der Waals surface area contributed by atoms with Gasteiger partial charge in [0.25, 0.3) is 0 Å². The lowest BCUT2D eigenvalue weighted by Gasteiger charge is -2.67. The number of fused-ring (bicyclic) bond motifs is 7. The van der Waals surface area contributed by atoms with E-state index in [0.717, 1.165) is 70.0 Å². The largest absolute Gasteiger partial charge is 0.143 e. The SMILES string of the molecule is Cc1c(-c2cc3ccccc3cc2S)cccc1C1CCC2C(C1)C1CCCC3C4CCCCC4C4CCCC2C4C31. The highest BCUT2D eigenvalue weighted by molar-refractivity contribution is 7.80. The van der Waals surface area contributed by atoms with Crippen molar-refractivity contribution in [2.75, 3.05) is 0 Å². The van der Waals surface area contributed by atoms with Crippen molar-refractivity contribution < 1.29 is 0 Å². The predicted molar refractivity (Wildman–Crippen MR) is 179 cm³/mol. The van der Waals surface area contributed by atoms with Crippen molar-refractivity contribution in [3.8, 4) is 11.1 Å². The molecule has 42 heavy (non-hydrogen) atoms. The van der Waals surface area contributed by atoms with Crippen LogP contribution in [0.15, 0.2) is 59.5 Å². The molecule has 0 N–H and O–H groups in total. The Balaban J connectivity index is 1.06. The van der Waals surface area contributed by atoms with Crippen molar-refractivity contribution in [1.82, 2.24) is 0 Å². The molecule has 0 aromatic heterocycles. The zero-order valence-corrected chi connectivity index (χ0v) is 26.6. The Morgan fingerprint density at radius 2 is 1.10 bits per heavy atom. The van der Waals surface area contributed by atoms with Crippen LogP contribution in [0.25, 0.3) is 21.9 Å². The summed E-state index contributed by atoms with van der Waals surface area (Å²) in [6.45, 7) is 2.42. The van der Waals surface area contributed by atoms with Gasteiger partial charge in [-0.2, -0.15) is 0 Å². The van der Waals surface area contributed by atoms with Gasteiger partial charge in [-0.25, -0.2) is 0 Å². The van der Waals surface area contributed by atoms with Gasteiger partial charge in [0.05, 0.1) is 0 Å². The number of benzene rings is 3. The molecule has 0 saturated heterocycles. The molecule has 3 aromatic rings. The Hall–Kier alpha value is -1.73. The lowest BCUT2D eigenvalue weighted by atomic mass is 9.37. The molecular formula is C41H50S. The van der Waals surface area contributed by atoms with Gasteiger partial charge in [-0.05, 0) is 175 Å². The molecule has 220 valence electrons. The van der Waals surface area contributed by atoms with Gasteiger partial charge in [0.15, 0.2) is 0 Å². The molecule has 6 aliphatic carbocycles. The Bertz CT molecular complexity index is 1490. The molecule has 3 aromatic carbocycles. The Kier molecular flexibility index (Phi) is 6.62. The van der Waals surface area contributed by atoms with Gasteiger partial charge in [-0.3, -0.25) is 0 Å². The normalized spacial score (nSPS) is 40.6. The zero-order valence-electron chi connectivity index (χ0n) is 25.7. The van der Waals surface area contributed by atoms with E-state index in [1.54, 1.807) is 50.5 Å². The van der Waals surface area contributed by atoms with E-state index in [1.807, 2.05) is 0 Å². The van der Waals surface area contributed by atoms with Crippen molar-refractivity contribution in [2.45, 2.75) is 101 Å². The van der Waals surface area contributed by atoms with Gasteiger partial charge >= 0.3 is 0 Å². The van der Waals surface area contributed by atoms with Crippen LogP contribution in [-0.4, -0.2) is 0 Å². The fraction of sp³-hybridized carbons (Fsp3) is 0.610. The number of hydrogen-bond acceptors (Lipinski definition) is 1. The van der Waals surface area contributed by atoms with Crippen LogP contribution in [0.5, 0.6) is 0 Å². The number of hydrogen-bond donors (Lipinski definition) is 1. The number of thiol groups is 1. The van der Waals surface area contributed by atoms with Crippen LogP contribution in [0.4, 0.5) is 0 Å². The third-order valence-corrected chi connectivity index (χ3v) is 14.9. The van der Waals surface area contributed by atoms with E-state index in [1.165, 1.54) is 66.0 Å². The standard InChI is InChI=1S/C41H50S/c1-24-28(13-6-14-29(24)38-21-25-9-2-3-10-26(25)23-39(38)42)27-19-20-32-35-17-7-15-33-30-11-4-5-12-31(30)34-16-8-18-36(37(32)22-27)41(34)40(33)35/h2-3,6,9-10,13-14,21,23,27,30-37,40-42H,4-5,7-8,11-12,15-20,22H2,1H3. The molecule has 11 atom stereocenters. The highest BCUT2D eigenvalue weighted by Gasteiger charge is 2.62. The fourth-order valence-electron chi connectivity index (χ4n) is 13.3. The van der Waals surface area contributed by atoms with Crippen molar-refractivity contribution in [3.05, 3.63) is 65.7 Å². The van der Waals surface area contributed by atoms with Crippen molar-refractivity contribution in [2.24, 2.45) is 59.2 Å². The summed E-state index contributed by atoms with van der Waals surface area (Å²) in [6, 6.07) is 20.6. The van der Waals surface area contributed by atoms with Gasteiger partial charge in [0.2, 0.25) is 0 Å². The highest BCUT2D eigenvalue weighted by atomic mass is 32.1. The molecule has 6 fully saturated rings. The van der Waals surface area contributed by atoms with E-state index >= 15 is 0 Å². The smallest absolute Gasteiger partial charge is 0.0125 e. The van der Waals surface area contributed by atoms with E-state index in [4.69, 9.17) is 12.6 Å². The second-order valence-corrected chi connectivity index (χ2v) is 16.3. The van der Waals surface area contributed by atoms with Crippen LogP contribution in [-0.2, 0) is 0 Å². The van der Waals surface area contributed by atoms with E-state index in [-0.39, 0.29) is 0 Å². The topological polar surface area (TPSA) is 0 Å². The molecule has 0 spiro atoms.